The van der Waals surface area contributed by atoms with E-state index in [1.54, 1.807) is 19.1 Å². The fourth-order valence-corrected chi connectivity index (χ4v) is 2.16. The molecule has 3 rings (SSSR count). The molecule has 0 saturated carbocycles. The van der Waals surface area contributed by atoms with Crippen LogP contribution in [0.4, 0.5) is 10.2 Å². The van der Waals surface area contributed by atoms with Gasteiger partial charge in [0.05, 0.1) is 5.69 Å². The molecule has 1 aromatic carbocycles. The molecule has 0 saturated heterocycles. The molecule has 0 spiro atoms. The van der Waals surface area contributed by atoms with Gasteiger partial charge in [-0.25, -0.2) is 14.2 Å². The maximum absolute atomic E-state index is 13.0. The largest absolute Gasteiger partial charge is 0.477 e. The zero-order valence-electron chi connectivity index (χ0n) is 11.0. The van der Waals surface area contributed by atoms with E-state index in [0.717, 1.165) is 5.56 Å². The van der Waals surface area contributed by atoms with Crippen LogP contribution in [-0.2, 0) is 0 Å². The highest BCUT2D eigenvalue weighted by Gasteiger charge is 2.18. The van der Waals surface area contributed by atoms with Crippen molar-refractivity contribution in [2.75, 3.05) is 5.73 Å². The van der Waals surface area contributed by atoms with Gasteiger partial charge in [-0.3, -0.25) is 0 Å². The monoisotopic (exact) mass is 286 g/mol. The van der Waals surface area contributed by atoms with Crippen molar-refractivity contribution < 1.29 is 14.3 Å². The number of carboxylic acid groups (broad SMARTS) is 1. The average Bonchev–Trinajstić information content (AvgIpc) is 2.78. The van der Waals surface area contributed by atoms with Crippen LogP contribution >= 0.6 is 0 Å². The number of fused-ring (bicyclic) bond motifs is 1. The molecule has 3 N–H and O–H groups in total. The van der Waals surface area contributed by atoms with Gasteiger partial charge >= 0.3 is 5.97 Å². The molecule has 0 amide bonds. The summed E-state index contributed by atoms with van der Waals surface area (Å²) in [6.45, 7) is 1.80. The predicted octanol–water partition coefficient (Wildman–Crippen LogP) is 2.12. The molecular formula is C14H11FN4O2. The maximum Gasteiger partial charge on any atom is 0.341 e. The Morgan fingerprint density at radius 2 is 2.00 bits per heavy atom. The fraction of sp³-hybridized carbons (Fsp3) is 0.0714. The second-order valence-corrected chi connectivity index (χ2v) is 4.58. The van der Waals surface area contributed by atoms with Gasteiger partial charge in [-0.05, 0) is 31.2 Å². The smallest absolute Gasteiger partial charge is 0.341 e. The van der Waals surface area contributed by atoms with Crippen LogP contribution in [-0.4, -0.2) is 25.7 Å². The average molecular weight is 286 g/mol. The number of aromatic nitrogens is 3. The molecule has 6 nitrogen and oxygen atoms in total. The number of nitrogens with zero attached hydrogens (tertiary/aromatic N) is 3. The van der Waals surface area contributed by atoms with Gasteiger partial charge in [-0.1, -0.05) is 0 Å². The molecule has 3 aromatic rings. The number of nitrogen functional groups attached to an aromatic ring is 1. The second-order valence-electron chi connectivity index (χ2n) is 4.58. The maximum atomic E-state index is 13.0. The van der Waals surface area contributed by atoms with Crippen molar-refractivity contribution >= 4 is 17.4 Å². The van der Waals surface area contributed by atoms with Crippen LogP contribution in [0.15, 0.2) is 30.5 Å². The highest BCUT2D eigenvalue weighted by atomic mass is 19.1. The lowest BCUT2D eigenvalue weighted by Crippen LogP contribution is -2.09. The summed E-state index contributed by atoms with van der Waals surface area (Å²) in [4.78, 5) is 15.2. The van der Waals surface area contributed by atoms with E-state index in [0.29, 0.717) is 16.9 Å². The zero-order valence-corrected chi connectivity index (χ0v) is 11.0. The minimum atomic E-state index is -1.17. The number of nitrogens with two attached hydrogens (primary N) is 1. The summed E-state index contributed by atoms with van der Waals surface area (Å²) in [6.07, 6.45) is 1.20. The van der Waals surface area contributed by atoms with Crippen LogP contribution in [0.1, 0.15) is 15.9 Å². The first-order valence-corrected chi connectivity index (χ1v) is 6.12. The molecule has 0 bridgehead atoms. The van der Waals surface area contributed by atoms with Gasteiger partial charge < -0.3 is 10.8 Å². The van der Waals surface area contributed by atoms with Gasteiger partial charge in [0.15, 0.2) is 5.65 Å². The van der Waals surface area contributed by atoms with Crippen molar-refractivity contribution in [2.45, 2.75) is 6.92 Å². The molecule has 106 valence electrons. The molecule has 0 fully saturated rings. The van der Waals surface area contributed by atoms with Crippen molar-refractivity contribution in [3.8, 4) is 11.3 Å². The summed E-state index contributed by atoms with van der Waals surface area (Å²) in [5.41, 5.74) is 8.20. The number of aromatic carboxylic acids is 1. The molecule has 0 aliphatic carbocycles. The van der Waals surface area contributed by atoms with E-state index in [1.165, 1.54) is 22.8 Å². The van der Waals surface area contributed by atoms with Gasteiger partial charge in [0, 0.05) is 17.3 Å². The molecule has 0 atom stereocenters. The fourth-order valence-electron chi connectivity index (χ4n) is 2.16. The summed E-state index contributed by atoms with van der Waals surface area (Å²) in [5, 5.41) is 13.3. The van der Waals surface area contributed by atoms with E-state index in [-0.39, 0.29) is 17.2 Å². The van der Waals surface area contributed by atoms with E-state index in [9.17, 15) is 9.18 Å². The van der Waals surface area contributed by atoms with E-state index in [4.69, 9.17) is 10.8 Å². The van der Waals surface area contributed by atoms with Gasteiger partial charge in [-0.2, -0.15) is 9.61 Å². The number of rotatable bonds is 2. The number of carboxylic acids is 1. The van der Waals surface area contributed by atoms with Crippen molar-refractivity contribution in [3.05, 3.63) is 47.4 Å². The summed E-state index contributed by atoms with van der Waals surface area (Å²) in [7, 11) is 0. The predicted molar refractivity (Wildman–Crippen MR) is 74.5 cm³/mol. The molecule has 0 aliphatic heterocycles. The normalized spacial score (nSPS) is 11.0. The standard InChI is InChI=1S/C14H11FN4O2/c1-7-11(8-2-4-9(15)5-3-8)18-19-12(16)10(14(20)21)6-17-13(7)19/h2-6H,16H2,1H3,(H,20,21). The highest BCUT2D eigenvalue weighted by molar-refractivity contribution is 5.93. The SMILES string of the molecule is Cc1c(-c2ccc(F)cc2)nn2c(N)c(C(=O)O)cnc12. The molecule has 21 heavy (non-hydrogen) atoms. The number of hydrogen-bond donors (Lipinski definition) is 2. The molecule has 2 heterocycles. The second kappa shape index (κ2) is 4.55. The van der Waals surface area contributed by atoms with Crippen LogP contribution in [0, 0.1) is 12.7 Å². The first-order valence-electron chi connectivity index (χ1n) is 6.12. The van der Waals surface area contributed by atoms with Crippen LogP contribution in [0.2, 0.25) is 0 Å². The van der Waals surface area contributed by atoms with E-state index in [2.05, 4.69) is 10.1 Å². The van der Waals surface area contributed by atoms with Crippen molar-refractivity contribution in [1.82, 2.24) is 14.6 Å². The Hall–Kier alpha value is -2.96. The molecule has 2 aromatic heterocycles. The first-order chi connectivity index (χ1) is 9.99. The number of benzene rings is 1. The van der Waals surface area contributed by atoms with E-state index >= 15 is 0 Å². The Bertz CT molecular complexity index is 856. The molecule has 0 unspecified atom stereocenters. The van der Waals surface area contributed by atoms with Crippen LogP contribution in [0.25, 0.3) is 16.9 Å². The third-order valence-electron chi connectivity index (χ3n) is 3.26. The molecular weight excluding hydrogens is 275 g/mol. The number of anilines is 1. The topological polar surface area (TPSA) is 93.5 Å². The van der Waals surface area contributed by atoms with E-state index < -0.39 is 5.97 Å². The third kappa shape index (κ3) is 1.99. The Labute approximate surface area is 118 Å². The first kappa shape index (κ1) is 13.0. The molecule has 0 radical (unpaired) electrons. The summed E-state index contributed by atoms with van der Waals surface area (Å²) >= 11 is 0. The van der Waals surface area contributed by atoms with Crippen LogP contribution < -0.4 is 5.73 Å². The summed E-state index contributed by atoms with van der Waals surface area (Å²) < 4.78 is 14.3. The molecule has 0 aliphatic rings. The van der Waals surface area contributed by atoms with Gasteiger partial charge in [0.25, 0.3) is 0 Å². The lowest BCUT2D eigenvalue weighted by Gasteiger charge is -2.02. The van der Waals surface area contributed by atoms with Crippen molar-refractivity contribution in [1.29, 1.82) is 0 Å². The van der Waals surface area contributed by atoms with Crippen molar-refractivity contribution in [2.24, 2.45) is 0 Å². The summed E-state index contributed by atoms with van der Waals surface area (Å²) in [5.74, 6) is -1.51. The third-order valence-corrected chi connectivity index (χ3v) is 3.26. The van der Waals surface area contributed by atoms with Crippen LogP contribution in [0.5, 0.6) is 0 Å². The van der Waals surface area contributed by atoms with E-state index in [1.807, 2.05) is 0 Å². The lowest BCUT2D eigenvalue weighted by molar-refractivity contribution is 0.0697. The lowest BCUT2D eigenvalue weighted by atomic mass is 10.1. The van der Waals surface area contributed by atoms with Crippen molar-refractivity contribution in [3.63, 3.8) is 0 Å². The Morgan fingerprint density at radius 3 is 2.62 bits per heavy atom. The minimum absolute atomic E-state index is 0.00367. The highest BCUT2D eigenvalue weighted by Crippen LogP contribution is 2.26. The Kier molecular flexibility index (Phi) is 2.83. The Balaban J connectivity index is 2.26. The quantitative estimate of drug-likeness (QED) is 0.752. The van der Waals surface area contributed by atoms with Gasteiger partial charge in [-0.15, -0.1) is 0 Å². The van der Waals surface area contributed by atoms with Gasteiger partial charge in [0.2, 0.25) is 0 Å². The number of halogens is 1. The summed E-state index contributed by atoms with van der Waals surface area (Å²) in [6, 6.07) is 5.85. The minimum Gasteiger partial charge on any atom is -0.477 e. The zero-order chi connectivity index (χ0) is 15.1. The Morgan fingerprint density at radius 1 is 1.33 bits per heavy atom. The number of aryl methyl sites for hydroxylation is 1. The van der Waals surface area contributed by atoms with Gasteiger partial charge in [0.1, 0.15) is 17.2 Å². The molecule has 7 heteroatoms. The van der Waals surface area contributed by atoms with Crippen LogP contribution in [0.3, 0.4) is 0 Å². The number of hydrogen-bond acceptors (Lipinski definition) is 4. The number of carbonyl (C=O) groups is 1.